The van der Waals surface area contributed by atoms with Crippen molar-refractivity contribution in [3.05, 3.63) is 28.8 Å². The maximum Gasteiger partial charge on any atom is 0.305 e. The number of nitrogens with zero attached hydrogens (tertiary/aromatic N) is 2. The fraction of sp³-hybridized carbons (Fsp3) is 0.400. The zero-order chi connectivity index (χ0) is 16.1. The van der Waals surface area contributed by atoms with E-state index < -0.39 is 0 Å². The van der Waals surface area contributed by atoms with Gasteiger partial charge in [-0.1, -0.05) is 17.4 Å². The third-order valence-corrected chi connectivity index (χ3v) is 4.23. The molecule has 122 valence electrons. The fourth-order valence-electron chi connectivity index (χ4n) is 2.11. The highest BCUT2D eigenvalue weighted by Crippen LogP contribution is 2.31. The molecule has 0 aliphatic carbocycles. The number of carbonyl (C=O) groups is 1. The maximum absolute atomic E-state index is 11.1. The summed E-state index contributed by atoms with van der Waals surface area (Å²) < 4.78 is 15.7. The van der Waals surface area contributed by atoms with Gasteiger partial charge in [0.2, 0.25) is 5.13 Å². The lowest BCUT2D eigenvalue weighted by Gasteiger charge is -2.18. The molecule has 0 spiro atoms. The number of benzene rings is 1. The van der Waals surface area contributed by atoms with Crippen LogP contribution in [0.3, 0.4) is 0 Å². The van der Waals surface area contributed by atoms with Crippen LogP contribution in [0, 0.1) is 0 Å². The van der Waals surface area contributed by atoms with Crippen LogP contribution in [0.5, 0.6) is 11.5 Å². The second kappa shape index (κ2) is 7.28. The Morgan fingerprint density at radius 3 is 2.96 bits per heavy atom. The number of nitrogens with one attached hydrogen (secondary N) is 1. The van der Waals surface area contributed by atoms with Gasteiger partial charge in [0, 0.05) is 13.0 Å². The van der Waals surface area contributed by atoms with Crippen molar-refractivity contribution in [2.45, 2.75) is 19.4 Å². The van der Waals surface area contributed by atoms with Gasteiger partial charge in [-0.05, 0) is 17.7 Å². The molecule has 23 heavy (non-hydrogen) atoms. The number of aryl methyl sites for hydroxylation is 1. The topological polar surface area (TPSA) is 82.6 Å². The second-order valence-corrected chi connectivity index (χ2v) is 5.97. The first kappa shape index (κ1) is 15.5. The molecule has 1 aromatic carbocycles. The number of carbonyl (C=O) groups excluding carboxylic acids is 1. The molecule has 1 N–H and O–H groups in total. The first-order chi connectivity index (χ1) is 11.2. The molecule has 0 amide bonds. The summed E-state index contributed by atoms with van der Waals surface area (Å²) in [5.41, 5.74) is 1.07. The minimum absolute atomic E-state index is 0.244. The molecule has 1 aliphatic rings. The van der Waals surface area contributed by atoms with Crippen LogP contribution in [-0.2, 0) is 22.5 Å². The first-order valence-corrected chi connectivity index (χ1v) is 8.08. The molecule has 0 atom stereocenters. The molecule has 1 aromatic heterocycles. The summed E-state index contributed by atoms with van der Waals surface area (Å²) >= 11 is 1.44. The number of rotatable bonds is 6. The van der Waals surface area contributed by atoms with E-state index in [0.29, 0.717) is 32.6 Å². The van der Waals surface area contributed by atoms with Crippen molar-refractivity contribution >= 4 is 22.4 Å². The minimum Gasteiger partial charge on any atom is -0.486 e. The molecule has 3 rings (SSSR count). The largest absolute Gasteiger partial charge is 0.486 e. The molecular formula is C15H17N3O4S. The van der Waals surface area contributed by atoms with Crippen molar-refractivity contribution < 1.29 is 19.0 Å². The molecule has 0 fully saturated rings. The maximum atomic E-state index is 11.1. The molecule has 7 nitrogen and oxygen atoms in total. The Morgan fingerprint density at radius 1 is 1.30 bits per heavy atom. The molecule has 2 aromatic rings. The Labute approximate surface area is 137 Å². The van der Waals surface area contributed by atoms with Gasteiger partial charge in [-0.2, -0.15) is 0 Å². The predicted octanol–water partition coefficient (Wildman–Crippen LogP) is 2.03. The standard InChI is InChI=1S/C15H17N3O4S/c1-20-14(19)5-4-13-17-18-15(23-13)16-9-10-2-3-11-12(8-10)22-7-6-21-11/h2-3,8H,4-7,9H2,1H3,(H,16,18). The smallest absolute Gasteiger partial charge is 0.305 e. The average molecular weight is 335 g/mol. The Hall–Kier alpha value is -2.35. The molecule has 2 heterocycles. The van der Waals surface area contributed by atoms with Crippen LogP contribution in [0.4, 0.5) is 5.13 Å². The van der Waals surface area contributed by atoms with Gasteiger partial charge < -0.3 is 19.5 Å². The van der Waals surface area contributed by atoms with Gasteiger partial charge >= 0.3 is 5.97 Å². The first-order valence-electron chi connectivity index (χ1n) is 7.26. The number of anilines is 1. The summed E-state index contributed by atoms with van der Waals surface area (Å²) in [5.74, 6) is 1.30. The summed E-state index contributed by atoms with van der Waals surface area (Å²) in [6.07, 6.45) is 0.851. The highest BCUT2D eigenvalue weighted by atomic mass is 32.1. The quantitative estimate of drug-likeness (QED) is 0.809. The van der Waals surface area contributed by atoms with Gasteiger partial charge in [0.15, 0.2) is 11.5 Å². The van der Waals surface area contributed by atoms with Crippen molar-refractivity contribution in [1.29, 1.82) is 0 Å². The van der Waals surface area contributed by atoms with E-state index in [4.69, 9.17) is 9.47 Å². The normalized spacial score (nSPS) is 12.7. The lowest BCUT2D eigenvalue weighted by atomic mass is 10.2. The van der Waals surface area contributed by atoms with E-state index in [0.717, 1.165) is 27.2 Å². The van der Waals surface area contributed by atoms with Crippen molar-refractivity contribution in [3.8, 4) is 11.5 Å². The van der Waals surface area contributed by atoms with E-state index in [1.807, 2.05) is 18.2 Å². The highest BCUT2D eigenvalue weighted by Gasteiger charge is 2.12. The van der Waals surface area contributed by atoms with E-state index in [1.54, 1.807) is 0 Å². The number of hydrogen-bond acceptors (Lipinski definition) is 8. The Kier molecular flexibility index (Phi) is 4.92. The Balaban J connectivity index is 1.54. The number of hydrogen-bond donors (Lipinski definition) is 1. The van der Waals surface area contributed by atoms with Crippen LogP contribution < -0.4 is 14.8 Å². The van der Waals surface area contributed by atoms with Gasteiger partial charge in [0.05, 0.1) is 13.5 Å². The Bertz CT molecular complexity index is 689. The lowest BCUT2D eigenvalue weighted by molar-refractivity contribution is -0.140. The predicted molar refractivity (Wildman–Crippen MR) is 85.0 cm³/mol. The molecule has 0 saturated heterocycles. The zero-order valence-electron chi connectivity index (χ0n) is 12.7. The zero-order valence-corrected chi connectivity index (χ0v) is 13.5. The highest BCUT2D eigenvalue weighted by molar-refractivity contribution is 7.15. The monoisotopic (exact) mass is 335 g/mol. The number of esters is 1. The van der Waals surface area contributed by atoms with Crippen LogP contribution in [0.25, 0.3) is 0 Å². The minimum atomic E-state index is -0.244. The molecule has 1 aliphatic heterocycles. The molecule has 0 saturated carbocycles. The van der Waals surface area contributed by atoms with Crippen molar-refractivity contribution in [1.82, 2.24) is 10.2 Å². The van der Waals surface area contributed by atoms with Crippen LogP contribution in [0.1, 0.15) is 17.0 Å². The number of aromatic nitrogens is 2. The fourth-order valence-corrected chi connectivity index (χ4v) is 2.85. The van der Waals surface area contributed by atoms with Crippen molar-refractivity contribution in [2.75, 3.05) is 25.6 Å². The summed E-state index contributed by atoms with van der Waals surface area (Å²) in [5, 5.41) is 12.9. The number of methoxy groups -OCH3 is 1. The van der Waals surface area contributed by atoms with Crippen LogP contribution >= 0.6 is 11.3 Å². The van der Waals surface area contributed by atoms with Gasteiger partial charge in [-0.15, -0.1) is 10.2 Å². The van der Waals surface area contributed by atoms with Crippen LogP contribution in [0.15, 0.2) is 18.2 Å². The van der Waals surface area contributed by atoms with Gasteiger partial charge in [-0.25, -0.2) is 0 Å². The van der Waals surface area contributed by atoms with Crippen LogP contribution in [-0.4, -0.2) is 36.5 Å². The number of fused-ring (bicyclic) bond motifs is 1. The van der Waals surface area contributed by atoms with Gasteiger partial charge in [0.1, 0.15) is 18.2 Å². The van der Waals surface area contributed by atoms with Crippen LogP contribution in [0.2, 0.25) is 0 Å². The summed E-state index contributed by atoms with van der Waals surface area (Å²) in [7, 11) is 1.38. The van der Waals surface area contributed by atoms with Gasteiger partial charge in [-0.3, -0.25) is 4.79 Å². The van der Waals surface area contributed by atoms with E-state index >= 15 is 0 Å². The average Bonchev–Trinajstić information content (AvgIpc) is 3.05. The number of ether oxygens (including phenoxy) is 3. The molecular weight excluding hydrogens is 318 g/mol. The SMILES string of the molecule is COC(=O)CCc1nnc(NCc2ccc3c(c2)OCCO3)s1. The molecule has 0 bridgehead atoms. The van der Waals surface area contributed by atoms with E-state index in [1.165, 1.54) is 18.4 Å². The third-order valence-electron chi connectivity index (χ3n) is 3.29. The van der Waals surface area contributed by atoms with E-state index in [9.17, 15) is 4.79 Å². The second-order valence-electron chi connectivity index (χ2n) is 4.91. The molecule has 8 heteroatoms. The van der Waals surface area contributed by atoms with E-state index in [2.05, 4.69) is 20.3 Å². The Morgan fingerprint density at radius 2 is 2.13 bits per heavy atom. The lowest BCUT2D eigenvalue weighted by Crippen LogP contribution is -2.15. The molecule has 0 radical (unpaired) electrons. The van der Waals surface area contributed by atoms with Crippen molar-refractivity contribution in [3.63, 3.8) is 0 Å². The summed E-state index contributed by atoms with van der Waals surface area (Å²) in [6.45, 7) is 1.77. The van der Waals surface area contributed by atoms with Crippen molar-refractivity contribution in [2.24, 2.45) is 0 Å². The van der Waals surface area contributed by atoms with Gasteiger partial charge in [0.25, 0.3) is 0 Å². The summed E-state index contributed by atoms with van der Waals surface area (Å²) in [4.78, 5) is 11.1. The van der Waals surface area contributed by atoms with E-state index in [-0.39, 0.29) is 5.97 Å². The third kappa shape index (κ3) is 4.10. The molecule has 0 unspecified atom stereocenters. The summed E-state index contributed by atoms with van der Waals surface area (Å²) in [6, 6.07) is 5.85.